The third-order valence-electron chi connectivity index (χ3n) is 4.81. The second-order valence-electron chi connectivity index (χ2n) is 7.04. The van der Waals surface area contributed by atoms with Gasteiger partial charge in [0, 0.05) is 10.6 Å². The molecule has 2 N–H and O–H groups in total. The minimum Gasteiger partial charge on any atom is -0.462 e. The average Bonchev–Trinajstić information content (AvgIpc) is 3.09. The van der Waals surface area contributed by atoms with Crippen molar-refractivity contribution in [3.05, 3.63) is 37.7 Å². The molecule has 0 fully saturated rings. The molecule has 2 heterocycles. The Morgan fingerprint density at radius 2 is 1.75 bits per heavy atom. The van der Waals surface area contributed by atoms with Gasteiger partial charge in [-0.15, -0.1) is 11.3 Å². The third-order valence-corrected chi connectivity index (χ3v) is 6.99. The molecule has 0 radical (unpaired) electrons. The molecular weight excluding hydrogens is 454 g/mol. The van der Waals surface area contributed by atoms with Gasteiger partial charge in [0.1, 0.15) is 15.6 Å². The predicted octanol–water partition coefficient (Wildman–Crippen LogP) is 3.10. The molecule has 9 nitrogen and oxygen atoms in total. The van der Waals surface area contributed by atoms with Crippen LogP contribution in [0.25, 0.3) is 0 Å². The Kier molecular flexibility index (Phi) is 8.08. The van der Waals surface area contributed by atoms with E-state index in [0.29, 0.717) is 16.3 Å². The number of hydrogen-bond acceptors (Lipinski definition) is 9. The van der Waals surface area contributed by atoms with Crippen LogP contribution < -0.4 is 11.0 Å². The minimum atomic E-state index is -0.618. The Hall–Kier alpha value is -2.66. The summed E-state index contributed by atoms with van der Waals surface area (Å²) in [7, 11) is 0. The van der Waals surface area contributed by atoms with Crippen molar-refractivity contribution in [2.24, 2.45) is 0 Å². The Morgan fingerprint density at radius 3 is 2.44 bits per heavy atom. The molecule has 172 valence electrons. The summed E-state index contributed by atoms with van der Waals surface area (Å²) in [4.78, 5) is 56.7. The smallest absolute Gasteiger partial charge is 0.346 e. The molecule has 2 aromatic heterocycles. The molecule has 11 heteroatoms. The lowest BCUT2D eigenvalue weighted by Gasteiger charge is -2.12. The number of thiophene rings is 1. The molecule has 0 aliphatic heterocycles. The maximum atomic E-state index is 12.7. The normalized spacial score (nSPS) is 12.7. The van der Waals surface area contributed by atoms with Crippen LogP contribution in [0, 0.1) is 6.92 Å². The van der Waals surface area contributed by atoms with E-state index in [4.69, 9.17) is 9.47 Å². The molecule has 0 atom stereocenters. The van der Waals surface area contributed by atoms with E-state index in [1.165, 1.54) is 11.3 Å². The maximum Gasteiger partial charge on any atom is 0.346 e. The quantitative estimate of drug-likeness (QED) is 0.336. The Labute approximate surface area is 193 Å². The van der Waals surface area contributed by atoms with E-state index in [1.54, 1.807) is 20.8 Å². The molecule has 1 aliphatic rings. The first kappa shape index (κ1) is 24.0. The largest absolute Gasteiger partial charge is 0.462 e. The van der Waals surface area contributed by atoms with E-state index < -0.39 is 17.6 Å². The monoisotopic (exact) mass is 479 g/mol. The van der Waals surface area contributed by atoms with Gasteiger partial charge in [0.15, 0.2) is 0 Å². The summed E-state index contributed by atoms with van der Waals surface area (Å²) >= 11 is 2.36. The van der Waals surface area contributed by atoms with Crippen molar-refractivity contribution in [1.82, 2.24) is 9.97 Å². The second-order valence-corrected chi connectivity index (χ2v) is 9.11. The fourth-order valence-electron chi connectivity index (χ4n) is 3.48. The van der Waals surface area contributed by atoms with Crippen molar-refractivity contribution in [1.29, 1.82) is 0 Å². The number of aromatic nitrogens is 2. The summed E-state index contributed by atoms with van der Waals surface area (Å²) in [5.41, 5.74) is 1.22. The molecule has 3 rings (SSSR count). The number of esters is 2. The highest BCUT2D eigenvalue weighted by Crippen LogP contribution is 2.38. The Morgan fingerprint density at radius 1 is 1.09 bits per heavy atom. The fourth-order valence-corrected chi connectivity index (χ4v) is 5.64. The molecule has 0 aromatic carbocycles. The lowest BCUT2D eigenvalue weighted by atomic mass is 9.95. The molecule has 0 saturated heterocycles. The van der Waals surface area contributed by atoms with E-state index in [-0.39, 0.29) is 35.5 Å². The SMILES string of the molecule is CCOC(=O)c1c(SCC(=O)Nc2sc3c(c2C(=O)OCC)CCCC3)nc(=O)[nH]c1C. The molecular formula is C21H25N3O6S2. The Bertz CT molecular complexity index is 1090. The van der Waals surface area contributed by atoms with Crippen LogP contribution in [0.1, 0.15) is 63.5 Å². The van der Waals surface area contributed by atoms with Crippen LogP contribution in [0.15, 0.2) is 9.82 Å². The standard InChI is InChI=1S/C21H25N3O6S2/c1-4-29-19(26)15-11(3)22-21(28)24-17(15)31-10-14(25)23-18-16(20(27)30-5-2)12-8-6-7-9-13(12)32-18/h4-10H2,1-3H3,(H,23,25)(H,22,24,28). The number of carbonyl (C=O) groups excluding carboxylic acids is 3. The average molecular weight is 480 g/mol. The van der Waals surface area contributed by atoms with Crippen molar-refractivity contribution in [2.75, 3.05) is 24.3 Å². The number of ether oxygens (including phenoxy) is 2. The third kappa shape index (κ3) is 5.39. The highest BCUT2D eigenvalue weighted by Gasteiger charge is 2.27. The molecule has 0 saturated carbocycles. The van der Waals surface area contributed by atoms with Crippen LogP contribution in [0.5, 0.6) is 0 Å². The zero-order valence-electron chi connectivity index (χ0n) is 18.2. The fraction of sp³-hybridized carbons (Fsp3) is 0.476. The van der Waals surface area contributed by atoms with E-state index >= 15 is 0 Å². The van der Waals surface area contributed by atoms with Crippen LogP contribution in [-0.4, -0.2) is 46.8 Å². The van der Waals surface area contributed by atoms with Crippen molar-refractivity contribution in [3.63, 3.8) is 0 Å². The van der Waals surface area contributed by atoms with Crippen LogP contribution in [0.2, 0.25) is 0 Å². The first-order valence-corrected chi connectivity index (χ1v) is 12.2. The summed E-state index contributed by atoms with van der Waals surface area (Å²) < 4.78 is 10.2. The molecule has 0 unspecified atom stereocenters. The summed E-state index contributed by atoms with van der Waals surface area (Å²) in [6.07, 6.45) is 3.69. The number of nitrogens with zero attached hydrogens (tertiary/aromatic N) is 1. The van der Waals surface area contributed by atoms with Crippen LogP contribution in [0.4, 0.5) is 5.00 Å². The predicted molar refractivity (Wildman–Crippen MR) is 122 cm³/mol. The van der Waals surface area contributed by atoms with Gasteiger partial charge in [-0.1, -0.05) is 11.8 Å². The zero-order valence-corrected chi connectivity index (χ0v) is 19.8. The van der Waals surface area contributed by atoms with Gasteiger partial charge in [-0.05, 0) is 52.0 Å². The van der Waals surface area contributed by atoms with E-state index in [0.717, 1.165) is 47.9 Å². The number of H-pyrrole nitrogens is 1. The van der Waals surface area contributed by atoms with Crippen molar-refractivity contribution in [3.8, 4) is 0 Å². The first-order valence-electron chi connectivity index (χ1n) is 10.4. The summed E-state index contributed by atoms with van der Waals surface area (Å²) in [5, 5.41) is 3.40. The molecule has 0 spiro atoms. The van der Waals surface area contributed by atoms with Gasteiger partial charge in [-0.3, -0.25) is 4.79 Å². The zero-order chi connectivity index (χ0) is 23.3. The van der Waals surface area contributed by atoms with Crippen LogP contribution >= 0.6 is 23.1 Å². The summed E-state index contributed by atoms with van der Waals surface area (Å²) in [6.45, 7) is 5.40. The number of aryl methyl sites for hydroxylation is 2. The number of rotatable bonds is 8. The lowest BCUT2D eigenvalue weighted by molar-refractivity contribution is -0.113. The highest BCUT2D eigenvalue weighted by atomic mass is 32.2. The van der Waals surface area contributed by atoms with Gasteiger partial charge < -0.3 is 19.8 Å². The van der Waals surface area contributed by atoms with Gasteiger partial charge in [0.05, 0.1) is 24.5 Å². The molecule has 0 bridgehead atoms. The molecule has 2 aromatic rings. The van der Waals surface area contributed by atoms with Crippen LogP contribution in [0.3, 0.4) is 0 Å². The van der Waals surface area contributed by atoms with Gasteiger partial charge >= 0.3 is 17.6 Å². The molecule has 1 aliphatic carbocycles. The van der Waals surface area contributed by atoms with Crippen molar-refractivity contribution < 1.29 is 23.9 Å². The van der Waals surface area contributed by atoms with E-state index in [2.05, 4.69) is 15.3 Å². The topological polar surface area (TPSA) is 127 Å². The number of thioether (sulfide) groups is 1. The maximum absolute atomic E-state index is 12.7. The first-order chi connectivity index (χ1) is 15.3. The molecule has 32 heavy (non-hydrogen) atoms. The number of carbonyl (C=O) groups is 3. The van der Waals surface area contributed by atoms with E-state index in [1.807, 2.05) is 0 Å². The van der Waals surface area contributed by atoms with Gasteiger partial charge in [0.25, 0.3) is 0 Å². The van der Waals surface area contributed by atoms with Crippen molar-refractivity contribution in [2.45, 2.75) is 51.5 Å². The van der Waals surface area contributed by atoms with E-state index in [9.17, 15) is 19.2 Å². The number of hydrogen-bond donors (Lipinski definition) is 2. The number of aromatic amines is 1. The highest BCUT2D eigenvalue weighted by molar-refractivity contribution is 8.00. The number of nitrogens with one attached hydrogen (secondary N) is 2. The summed E-state index contributed by atoms with van der Waals surface area (Å²) in [5.74, 6) is -1.54. The van der Waals surface area contributed by atoms with Gasteiger partial charge in [-0.2, -0.15) is 4.98 Å². The van der Waals surface area contributed by atoms with Crippen LogP contribution in [-0.2, 0) is 27.1 Å². The number of amides is 1. The summed E-state index contributed by atoms with van der Waals surface area (Å²) in [6, 6.07) is 0. The van der Waals surface area contributed by atoms with Gasteiger partial charge in [0.2, 0.25) is 5.91 Å². The second kappa shape index (κ2) is 10.8. The Balaban J connectivity index is 1.79. The molecule has 1 amide bonds. The van der Waals surface area contributed by atoms with Gasteiger partial charge in [-0.25, -0.2) is 14.4 Å². The lowest BCUT2D eigenvalue weighted by Crippen LogP contribution is -2.21. The van der Waals surface area contributed by atoms with Crippen molar-refractivity contribution >= 4 is 45.9 Å². The minimum absolute atomic E-state index is 0.104. The number of anilines is 1. The number of fused-ring (bicyclic) bond motifs is 1.